The molecule has 0 atom stereocenters. The first kappa shape index (κ1) is 13.7. The topological polar surface area (TPSA) is 43.8 Å². The van der Waals surface area contributed by atoms with Crippen LogP contribution < -0.4 is 5.73 Å². The molecule has 1 fully saturated rings. The molecule has 106 valence electrons. The molecule has 0 radical (unpaired) electrons. The Kier molecular flexibility index (Phi) is 4.10. The zero-order chi connectivity index (χ0) is 13.9. The molecule has 20 heavy (non-hydrogen) atoms. The first-order valence-corrected chi connectivity index (χ1v) is 8.09. The summed E-state index contributed by atoms with van der Waals surface area (Å²) in [5.74, 6) is 0.563. The largest absolute Gasteiger partial charge is 0.396 e. The molecule has 0 unspecified atom stereocenters. The quantitative estimate of drug-likeness (QED) is 0.908. The molecule has 0 spiro atoms. The number of aromatic nitrogens is 2. The average Bonchev–Trinajstić information content (AvgIpc) is 2.80. The van der Waals surface area contributed by atoms with Crippen molar-refractivity contribution in [3.63, 3.8) is 0 Å². The molecule has 1 saturated carbocycles. The second kappa shape index (κ2) is 6.00. The number of hydrogen-bond donors (Lipinski definition) is 1. The van der Waals surface area contributed by atoms with Crippen LogP contribution in [0.2, 0.25) is 0 Å². The van der Waals surface area contributed by atoms with Crippen molar-refractivity contribution in [2.45, 2.75) is 44.6 Å². The van der Waals surface area contributed by atoms with Crippen molar-refractivity contribution in [2.75, 3.05) is 5.73 Å². The van der Waals surface area contributed by atoms with Gasteiger partial charge in [0.2, 0.25) is 0 Å². The fourth-order valence-electron chi connectivity index (χ4n) is 3.05. The van der Waals surface area contributed by atoms with Crippen molar-refractivity contribution >= 4 is 21.6 Å². The van der Waals surface area contributed by atoms with Crippen LogP contribution in [0.15, 0.2) is 34.9 Å². The summed E-state index contributed by atoms with van der Waals surface area (Å²) in [7, 11) is 0. The maximum Gasteiger partial charge on any atom is 0.0884 e. The number of nitrogens with zero attached hydrogens (tertiary/aromatic N) is 2. The van der Waals surface area contributed by atoms with Gasteiger partial charge < -0.3 is 5.73 Å². The summed E-state index contributed by atoms with van der Waals surface area (Å²) in [5.41, 5.74) is 9.36. The van der Waals surface area contributed by atoms with Crippen LogP contribution in [-0.4, -0.2) is 9.78 Å². The minimum Gasteiger partial charge on any atom is -0.396 e. The summed E-state index contributed by atoms with van der Waals surface area (Å²) in [5, 5.41) is 4.73. The number of anilines is 1. The molecule has 1 aliphatic carbocycles. The minimum absolute atomic E-state index is 0.563. The zero-order valence-corrected chi connectivity index (χ0v) is 13.1. The summed E-state index contributed by atoms with van der Waals surface area (Å²) in [4.78, 5) is 0. The van der Waals surface area contributed by atoms with E-state index in [2.05, 4.69) is 28.1 Å². The number of halogens is 1. The van der Waals surface area contributed by atoms with E-state index in [-0.39, 0.29) is 0 Å². The lowest BCUT2D eigenvalue weighted by Crippen LogP contribution is -2.08. The first-order valence-electron chi connectivity index (χ1n) is 7.29. The molecular formula is C16H20BrN3. The van der Waals surface area contributed by atoms with Gasteiger partial charge in [-0.2, -0.15) is 5.10 Å². The van der Waals surface area contributed by atoms with E-state index in [9.17, 15) is 0 Å². The normalized spacial score (nSPS) is 16.4. The summed E-state index contributed by atoms with van der Waals surface area (Å²) >= 11 is 3.50. The van der Waals surface area contributed by atoms with E-state index >= 15 is 0 Å². The van der Waals surface area contributed by atoms with Gasteiger partial charge in [0, 0.05) is 16.6 Å². The van der Waals surface area contributed by atoms with Crippen LogP contribution in [0.4, 0.5) is 5.69 Å². The van der Waals surface area contributed by atoms with Gasteiger partial charge in [0.1, 0.15) is 0 Å². The Morgan fingerprint density at radius 3 is 2.80 bits per heavy atom. The number of benzene rings is 1. The second-order valence-corrected chi connectivity index (χ2v) is 6.55. The van der Waals surface area contributed by atoms with Gasteiger partial charge in [0.25, 0.3) is 0 Å². The molecule has 3 nitrogen and oxygen atoms in total. The molecule has 0 amide bonds. The smallest absolute Gasteiger partial charge is 0.0884 e. The van der Waals surface area contributed by atoms with Gasteiger partial charge in [0.15, 0.2) is 0 Å². The van der Waals surface area contributed by atoms with E-state index in [0.29, 0.717) is 5.92 Å². The summed E-state index contributed by atoms with van der Waals surface area (Å²) in [6, 6.07) is 8.32. The molecule has 0 aliphatic heterocycles. The van der Waals surface area contributed by atoms with E-state index in [1.807, 2.05) is 23.0 Å². The van der Waals surface area contributed by atoms with Crippen LogP contribution in [0.25, 0.3) is 0 Å². The van der Waals surface area contributed by atoms with Crippen molar-refractivity contribution in [1.82, 2.24) is 9.78 Å². The fourth-order valence-corrected chi connectivity index (χ4v) is 3.50. The van der Waals surface area contributed by atoms with Crippen LogP contribution in [-0.2, 0) is 6.54 Å². The standard InChI is InChI=1S/C16H20BrN3/c17-14-8-4-5-12(9-14)10-20-11-15(18)16(19-20)13-6-2-1-3-7-13/h4-5,8-9,11,13H,1-3,6-7,10,18H2. The average molecular weight is 334 g/mol. The molecule has 1 heterocycles. The Bertz CT molecular complexity index is 585. The predicted octanol–water partition coefficient (Wildman–Crippen LogP) is 4.32. The van der Waals surface area contributed by atoms with Crippen LogP contribution in [0.1, 0.15) is 49.3 Å². The molecule has 2 N–H and O–H groups in total. The Balaban J connectivity index is 1.78. The highest BCUT2D eigenvalue weighted by Crippen LogP contribution is 2.34. The van der Waals surface area contributed by atoms with Gasteiger partial charge >= 0.3 is 0 Å². The van der Waals surface area contributed by atoms with Crippen molar-refractivity contribution in [3.8, 4) is 0 Å². The highest BCUT2D eigenvalue weighted by molar-refractivity contribution is 9.10. The molecule has 0 bridgehead atoms. The Morgan fingerprint density at radius 2 is 2.05 bits per heavy atom. The van der Waals surface area contributed by atoms with E-state index < -0.39 is 0 Å². The van der Waals surface area contributed by atoms with Crippen LogP contribution in [0.3, 0.4) is 0 Å². The lowest BCUT2D eigenvalue weighted by molar-refractivity contribution is 0.433. The van der Waals surface area contributed by atoms with Crippen molar-refractivity contribution in [3.05, 3.63) is 46.2 Å². The Hall–Kier alpha value is -1.29. The molecular weight excluding hydrogens is 314 g/mol. The first-order chi connectivity index (χ1) is 9.72. The van der Waals surface area contributed by atoms with E-state index in [4.69, 9.17) is 10.8 Å². The number of nitrogens with two attached hydrogens (primary N) is 1. The third-order valence-electron chi connectivity index (χ3n) is 4.05. The summed E-state index contributed by atoms with van der Waals surface area (Å²) in [6.07, 6.45) is 8.42. The SMILES string of the molecule is Nc1cn(Cc2cccc(Br)c2)nc1C1CCCCC1. The highest BCUT2D eigenvalue weighted by atomic mass is 79.9. The van der Waals surface area contributed by atoms with E-state index in [0.717, 1.165) is 22.4 Å². The monoisotopic (exact) mass is 333 g/mol. The molecule has 2 aromatic rings. The Labute approximate surface area is 128 Å². The number of hydrogen-bond acceptors (Lipinski definition) is 2. The van der Waals surface area contributed by atoms with Crippen molar-refractivity contribution in [1.29, 1.82) is 0 Å². The lowest BCUT2D eigenvalue weighted by Gasteiger charge is -2.20. The molecule has 3 rings (SSSR count). The summed E-state index contributed by atoms with van der Waals surface area (Å²) < 4.78 is 3.07. The van der Waals surface area contributed by atoms with Gasteiger partial charge in [-0.1, -0.05) is 47.3 Å². The van der Waals surface area contributed by atoms with E-state index in [1.54, 1.807) is 0 Å². The molecule has 1 aromatic carbocycles. The van der Waals surface area contributed by atoms with Crippen LogP contribution >= 0.6 is 15.9 Å². The fraction of sp³-hybridized carbons (Fsp3) is 0.438. The zero-order valence-electron chi connectivity index (χ0n) is 11.6. The van der Waals surface area contributed by atoms with Gasteiger partial charge in [-0.3, -0.25) is 4.68 Å². The number of rotatable bonds is 3. The minimum atomic E-state index is 0.563. The number of nitrogen functional groups attached to an aromatic ring is 1. The van der Waals surface area contributed by atoms with Gasteiger partial charge in [-0.25, -0.2) is 0 Å². The lowest BCUT2D eigenvalue weighted by atomic mass is 9.86. The van der Waals surface area contributed by atoms with Crippen molar-refractivity contribution < 1.29 is 0 Å². The van der Waals surface area contributed by atoms with Crippen LogP contribution in [0, 0.1) is 0 Å². The summed E-state index contributed by atoms with van der Waals surface area (Å²) in [6.45, 7) is 0.774. The second-order valence-electron chi connectivity index (χ2n) is 5.63. The molecule has 1 aliphatic rings. The van der Waals surface area contributed by atoms with Crippen molar-refractivity contribution in [2.24, 2.45) is 0 Å². The highest BCUT2D eigenvalue weighted by Gasteiger charge is 2.20. The Morgan fingerprint density at radius 1 is 1.25 bits per heavy atom. The third kappa shape index (κ3) is 3.06. The third-order valence-corrected chi connectivity index (χ3v) is 4.54. The molecule has 0 saturated heterocycles. The van der Waals surface area contributed by atoms with Gasteiger partial charge in [-0.05, 0) is 30.5 Å². The molecule has 1 aromatic heterocycles. The maximum absolute atomic E-state index is 6.16. The van der Waals surface area contributed by atoms with Gasteiger partial charge in [-0.15, -0.1) is 0 Å². The van der Waals surface area contributed by atoms with E-state index in [1.165, 1.54) is 37.7 Å². The molecule has 4 heteroatoms. The maximum atomic E-state index is 6.16. The predicted molar refractivity (Wildman–Crippen MR) is 85.7 cm³/mol. The van der Waals surface area contributed by atoms with Crippen LogP contribution in [0.5, 0.6) is 0 Å². The van der Waals surface area contributed by atoms with Gasteiger partial charge in [0.05, 0.1) is 17.9 Å².